The number of benzene rings is 4. The minimum Gasteiger partial charge on any atom is -0.494 e. The Morgan fingerprint density at radius 2 is 1.67 bits per heavy atom. The molecule has 10 heteroatoms. The average molecular weight is 631 g/mol. The highest BCUT2D eigenvalue weighted by atomic mass is 32.2. The van der Waals surface area contributed by atoms with Crippen molar-refractivity contribution < 1.29 is 32.2 Å². The van der Waals surface area contributed by atoms with Crippen LogP contribution in [0.25, 0.3) is 0 Å². The number of ether oxygens (including phenoxy) is 2. The predicted octanol–water partition coefficient (Wildman–Crippen LogP) is 5.07. The Balaban J connectivity index is 1.49. The molecule has 0 fully saturated rings. The molecule has 0 aromatic heterocycles. The first-order valence-electron chi connectivity index (χ1n) is 14.8. The minimum atomic E-state index is -3.77. The Kier molecular flexibility index (Phi) is 10.3. The first kappa shape index (κ1) is 31.9. The van der Waals surface area contributed by atoms with Crippen LogP contribution in [0, 0.1) is 5.82 Å². The first-order chi connectivity index (χ1) is 21.8. The topological polar surface area (TPSA) is 114 Å². The lowest BCUT2D eigenvalue weighted by atomic mass is 9.85. The molecule has 0 aliphatic carbocycles. The van der Waals surface area contributed by atoms with Gasteiger partial charge in [0.05, 0.1) is 17.3 Å². The van der Waals surface area contributed by atoms with Gasteiger partial charge in [-0.2, -0.15) is 0 Å². The molecule has 45 heavy (non-hydrogen) atoms. The van der Waals surface area contributed by atoms with Gasteiger partial charge in [0.25, 0.3) is 5.91 Å². The van der Waals surface area contributed by atoms with E-state index in [4.69, 9.17) is 19.6 Å². The van der Waals surface area contributed by atoms with Gasteiger partial charge in [-0.05, 0) is 66.1 Å². The lowest BCUT2D eigenvalue weighted by Gasteiger charge is -2.30. The first-order valence-corrected chi connectivity index (χ1v) is 16.4. The number of nitrogens with one attached hydrogen (secondary N) is 1. The maximum Gasteiger partial charge on any atom is 0.252 e. The molecule has 0 unspecified atom stereocenters. The summed E-state index contributed by atoms with van der Waals surface area (Å²) in [5.74, 6) is -0.414. The molecule has 0 spiro atoms. The van der Waals surface area contributed by atoms with Gasteiger partial charge in [-0.1, -0.05) is 60.7 Å². The van der Waals surface area contributed by atoms with E-state index in [2.05, 4.69) is 5.32 Å². The summed E-state index contributed by atoms with van der Waals surface area (Å²) < 4.78 is 52.7. The highest BCUT2D eigenvalue weighted by Crippen LogP contribution is 2.43. The van der Waals surface area contributed by atoms with Crippen LogP contribution in [-0.4, -0.2) is 56.4 Å². The van der Waals surface area contributed by atoms with Crippen molar-refractivity contribution in [2.75, 3.05) is 25.5 Å². The van der Waals surface area contributed by atoms with Crippen molar-refractivity contribution in [3.05, 3.63) is 132 Å². The molecule has 4 aromatic rings. The van der Waals surface area contributed by atoms with E-state index in [0.717, 1.165) is 0 Å². The molecule has 0 saturated carbocycles. The molecule has 1 aliphatic rings. The normalized spacial score (nSPS) is 17.7. The lowest BCUT2D eigenvalue weighted by Crippen LogP contribution is -2.49. The third-order valence-electron chi connectivity index (χ3n) is 7.57. The van der Waals surface area contributed by atoms with E-state index in [0.29, 0.717) is 41.9 Å². The van der Waals surface area contributed by atoms with Crippen LogP contribution in [0.5, 0.6) is 5.75 Å². The Morgan fingerprint density at radius 1 is 0.956 bits per heavy atom. The lowest BCUT2D eigenvalue weighted by molar-refractivity contribution is -0.129. The largest absolute Gasteiger partial charge is 0.494 e. The van der Waals surface area contributed by atoms with Gasteiger partial charge in [-0.15, -0.1) is 0 Å². The van der Waals surface area contributed by atoms with E-state index in [1.807, 2.05) is 30.3 Å². The molecular formula is C35H35FN2O6S. The van der Waals surface area contributed by atoms with Crippen LogP contribution in [-0.2, 0) is 25.8 Å². The van der Waals surface area contributed by atoms with Gasteiger partial charge in [0.15, 0.2) is 21.5 Å². The molecule has 8 nitrogen and oxygen atoms in total. The Morgan fingerprint density at radius 3 is 2.36 bits per heavy atom. The number of sulfone groups is 1. The standard InChI is InChI=1S/C35H35FN2O6S/c36-29-12-7-9-26(25-29)19-21-37-34(40)35(20-24-45(41,42)31-13-5-2-6-14-31)32(27-10-3-1-4-11-27)44-33(38-35)28-15-17-30(18-16-28)43-23-8-22-39/h1-7,9-18,25,32,39H,8,19-24H2,(H,37,40)/t32-,35-/m1/s1. The van der Waals surface area contributed by atoms with Crippen molar-refractivity contribution in [1.29, 1.82) is 0 Å². The number of hydrogen-bond donors (Lipinski definition) is 2. The van der Waals surface area contributed by atoms with E-state index in [-0.39, 0.29) is 41.9 Å². The average Bonchev–Trinajstić information content (AvgIpc) is 3.46. The summed E-state index contributed by atoms with van der Waals surface area (Å²) in [4.78, 5) is 19.3. The summed E-state index contributed by atoms with van der Waals surface area (Å²) in [5, 5.41) is 12.0. The predicted molar refractivity (Wildman–Crippen MR) is 169 cm³/mol. The number of carbonyl (C=O) groups is 1. The van der Waals surface area contributed by atoms with Crippen LogP contribution < -0.4 is 10.1 Å². The molecule has 2 N–H and O–H groups in total. The van der Waals surface area contributed by atoms with Crippen molar-refractivity contribution in [2.45, 2.75) is 35.8 Å². The molecule has 1 aliphatic heterocycles. The quantitative estimate of drug-likeness (QED) is 0.188. The maximum absolute atomic E-state index is 14.2. The Hall–Kier alpha value is -4.54. The third-order valence-corrected chi connectivity index (χ3v) is 9.31. The van der Waals surface area contributed by atoms with Crippen LogP contribution in [0.15, 0.2) is 119 Å². The van der Waals surface area contributed by atoms with Gasteiger partial charge in [-0.25, -0.2) is 17.8 Å². The molecule has 5 rings (SSSR count). The van der Waals surface area contributed by atoms with Crippen molar-refractivity contribution in [1.82, 2.24) is 5.32 Å². The van der Waals surface area contributed by atoms with Gasteiger partial charge in [0.2, 0.25) is 5.90 Å². The van der Waals surface area contributed by atoms with Gasteiger partial charge in [-0.3, -0.25) is 4.79 Å². The van der Waals surface area contributed by atoms with Crippen molar-refractivity contribution in [3.63, 3.8) is 0 Å². The van der Waals surface area contributed by atoms with E-state index >= 15 is 0 Å². The summed E-state index contributed by atoms with van der Waals surface area (Å²) in [6, 6.07) is 30.4. The third kappa shape index (κ3) is 7.76. The molecule has 1 amide bonds. The van der Waals surface area contributed by atoms with E-state index in [9.17, 15) is 17.6 Å². The molecule has 2 atom stereocenters. The summed E-state index contributed by atoms with van der Waals surface area (Å²) in [6.07, 6.45) is -0.206. The minimum absolute atomic E-state index is 0.0238. The summed E-state index contributed by atoms with van der Waals surface area (Å²) >= 11 is 0. The van der Waals surface area contributed by atoms with E-state index in [1.165, 1.54) is 24.3 Å². The number of rotatable bonds is 14. The van der Waals surface area contributed by atoms with Gasteiger partial charge in [0.1, 0.15) is 11.6 Å². The second kappa shape index (κ2) is 14.5. The summed E-state index contributed by atoms with van der Waals surface area (Å²) in [5.41, 5.74) is 0.337. The monoisotopic (exact) mass is 630 g/mol. The number of halogens is 1. The zero-order valence-corrected chi connectivity index (χ0v) is 25.5. The molecule has 234 valence electrons. The second-order valence-electron chi connectivity index (χ2n) is 10.7. The van der Waals surface area contributed by atoms with Gasteiger partial charge in [0, 0.05) is 31.6 Å². The summed E-state index contributed by atoms with van der Waals surface area (Å²) in [6.45, 7) is 0.565. The van der Waals surface area contributed by atoms with Crippen LogP contribution >= 0.6 is 0 Å². The van der Waals surface area contributed by atoms with Crippen LogP contribution in [0.3, 0.4) is 0 Å². The van der Waals surface area contributed by atoms with E-state index in [1.54, 1.807) is 54.6 Å². The van der Waals surface area contributed by atoms with Crippen molar-refractivity contribution >= 4 is 21.6 Å². The highest BCUT2D eigenvalue weighted by Gasteiger charge is 2.53. The molecule has 4 aromatic carbocycles. The van der Waals surface area contributed by atoms with Gasteiger partial charge < -0.3 is 19.9 Å². The van der Waals surface area contributed by atoms with Crippen molar-refractivity contribution in [2.24, 2.45) is 4.99 Å². The van der Waals surface area contributed by atoms with Crippen molar-refractivity contribution in [3.8, 4) is 5.75 Å². The number of aliphatic hydroxyl groups excluding tert-OH is 1. The molecule has 0 radical (unpaired) electrons. The Labute approximate surface area is 262 Å². The zero-order chi connectivity index (χ0) is 31.7. The van der Waals surface area contributed by atoms with Crippen LogP contribution in [0.2, 0.25) is 0 Å². The highest BCUT2D eigenvalue weighted by molar-refractivity contribution is 7.91. The number of aliphatic hydroxyl groups is 1. The fraction of sp³-hybridized carbons (Fsp3) is 0.257. The van der Waals surface area contributed by atoms with E-state index < -0.39 is 27.4 Å². The number of amides is 1. The second-order valence-corrected chi connectivity index (χ2v) is 12.8. The fourth-order valence-electron chi connectivity index (χ4n) is 5.20. The SMILES string of the molecule is O=C(NCCc1cccc(F)c1)[C@]1(CCS(=O)(=O)c2ccccc2)N=C(c2ccc(OCCCO)cc2)O[C@@H]1c1ccccc1. The molecule has 0 saturated heterocycles. The molecule has 0 bridgehead atoms. The Bertz CT molecular complexity index is 1720. The van der Waals surface area contributed by atoms with Crippen LogP contribution in [0.1, 0.15) is 35.6 Å². The number of hydrogen-bond acceptors (Lipinski definition) is 7. The van der Waals surface area contributed by atoms with Crippen LogP contribution in [0.4, 0.5) is 4.39 Å². The number of aliphatic imine (C=N–C) groups is 1. The summed E-state index contributed by atoms with van der Waals surface area (Å²) in [7, 11) is -3.77. The maximum atomic E-state index is 14.2. The number of nitrogens with zero attached hydrogens (tertiary/aromatic N) is 1. The smallest absolute Gasteiger partial charge is 0.252 e. The fourth-order valence-corrected chi connectivity index (χ4v) is 6.59. The molecule has 1 heterocycles. The zero-order valence-electron chi connectivity index (χ0n) is 24.6. The van der Waals surface area contributed by atoms with Gasteiger partial charge >= 0.3 is 0 Å². The molecular weight excluding hydrogens is 595 g/mol. The number of carbonyl (C=O) groups excluding carboxylic acids is 1.